The molecule has 0 saturated carbocycles. The first-order valence-corrected chi connectivity index (χ1v) is 9.03. The maximum Gasteiger partial charge on any atom is 0.272 e. The zero-order valence-electron chi connectivity index (χ0n) is 14.4. The van der Waals surface area contributed by atoms with Crippen molar-refractivity contribution in [2.45, 2.75) is 18.4 Å². The highest BCUT2D eigenvalue weighted by atomic mass is 16.2. The van der Waals surface area contributed by atoms with Crippen LogP contribution in [0.25, 0.3) is 5.69 Å². The number of piperidine rings is 1. The first kappa shape index (κ1) is 15.2. The van der Waals surface area contributed by atoms with Crippen LogP contribution >= 0.6 is 0 Å². The molecule has 0 radical (unpaired) electrons. The Morgan fingerprint density at radius 1 is 1.00 bits per heavy atom. The Morgan fingerprint density at radius 2 is 1.81 bits per heavy atom. The van der Waals surface area contributed by atoms with Crippen molar-refractivity contribution in [3.63, 3.8) is 0 Å². The van der Waals surface area contributed by atoms with Crippen molar-refractivity contribution in [2.75, 3.05) is 18.4 Å². The normalized spacial score (nSPS) is 17.3. The third-order valence-corrected chi connectivity index (χ3v) is 5.56. The largest absolute Gasteiger partial charge is 0.372 e. The molecule has 0 unspecified atom stereocenters. The number of likely N-dealkylation sites (tertiary alicyclic amines) is 1. The summed E-state index contributed by atoms with van der Waals surface area (Å²) in [6.07, 6.45) is 5.56. The lowest BCUT2D eigenvalue weighted by Crippen LogP contribution is -2.51. The minimum atomic E-state index is -0.126. The molecule has 0 bridgehead atoms. The number of aromatic nitrogens is 2. The summed E-state index contributed by atoms with van der Waals surface area (Å²) in [5.74, 6) is 0.0204. The van der Waals surface area contributed by atoms with Crippen LogP contribution in [-0.4, -0.2) is 33.4 Å². The van der Waals surface area contributed by atoms with Crippen LogP contribution < -0.4 is 5.32 Å². The van der Waals surface area contributed by atoms with Crippen molar-refractivity contribution in [3.8, 4) is 5.69 Å². The molecule has 130 valence electrons. The standard InChI is InChI=1S/C21H20N4O/c26-20(17-7-3-4-12-22-17)24-14-10-21(11-15-24)19-9-5-13-25(19)18-8-2-1-6-16(18)23-21/h1-9,12-13,23H,10-11,14-15H2. The Bertz CT molecular complexity index is 955. The minimum absolute atomic E-state index is 0.0204. The molecule has 4 heterocycles. The maximum absolute atomic E-state index is 12.7. The molecular formula is C21H20N4O. The number of hydrogen-bond acceptors (Lipinski definition) is 3. The van der Waals surface area contributed by atoms with Crippen molar-refractivity contribution < 1.29 is 4.79 Å². The van der Waals surface area contributed by atoms with Gasteiger partial charge in [0.15, 0.2) is 0 Å². The molecule has 3 aromatic rings. The second-order valence-electron chi connectivity index (χ2n) is 6.99. The first-order valence-electron chi connectivity index (χ1n) is 9.03. The molecular weight excluding hydrogens is 324 g/mol. The van der Waals surface area contributed by atoms with Crippen LogP contribution in [0, 0.1) is 0 Å². The fourth-order valence-electron chi connectivity index (χ4n) is 4.22. The number of fused-ring (bicyclic) bond motifs is 4. The Hall–Kier alpha value is -3.08. The van der Waals surface area contributed by atoms with Gasteiger partial charge in [-0.1, -0.05) is 18.2 Å². The molecule has 1 spiro atoms. The molecule has 1 amide bonds. The summed E-state index contributed by atoms with van der Waals surface area (Å²) in [5.41, 5.74) is 4.01. The number of carbonyl (C=O) groups excluding carboxylic acids is 1. The Kier molecular flexibility index (Phi) is 3.35. The van der Waals surface area contributed by atoms with Gasteiger partial charge in [-0.2, -0.15) is 0 Å². The van der Waals surface area contributed by atoms with Gasteiger partial charge >= 0.3 is 0 Å². The summed E-state index contributed by atoms with van der Waals surface area (Å²) in [6.45, 7) is 1.44. The van der Waals surface area contributed by atoms with Crippen LogP contribution in [0.2, 0.25) is 0 Å². The van der Waals surface area contributed by atoms with Crippen LogP contribution in [-0.2, 0) is 5.54 Å². The molecule has 2 aromatic heterocycles. The van der Waals surface area contributed by atoms with Crippen LogP contribution in [0.1, 0.15) is 29.0 Å². The summed E-state index contributed by atoms with van der Waals surface area (Å²) in [5, 5.41) is 3.78. The van der Waals surface area contributed by atoms with Crippen LogP contribution in [0.3, 0.4) is 0 Å². The number of para-hydroxylation sites is 2. The number of nitrogens with zero attached hydrogens (tertiary/aromatic N) is 3. The number of anilines is 1. The molecule has 0 aliphatic carbocycles. The summed E-state index contributed by atoms with van der Waals surface area (Å²) in [7, 11) is 0. The van der Waals surface area contributed by atoms with Crippen molar-refractivity contribution in [2.24, 2.45) is 0 Å². The molecule has 1 saturated heterocycles. The van der Waals surface area contributed by atoms with Crippen molar-refractivity contribution >= 4 is 11.6 Å². The third kappa shape index (κ3) is 2.24. The average Bonchev–Trinajstić information content (AvgIpc) is 3.20. The van der Waals surface area contributed by atoms with E-state index in [2.05, 4.69) is 57.5 Å². The Labute approximate surface area is 152 Å². The van der Waals surface area contributed by atoms with Crippen LogP contribution in [0.4, 0.5) is 5.69 Å². The monoisotopic (exact) mass is 344 g/mol. The molecule has 1 fully saturated rings. The molecule has 1 N–H and O–H groups in total. The molecule has 2 aliphatic heterocycles. The summed E-state index contributed by atoms with van der Waals surface area (Å²) >= 11 is 0. The predicted octanol–water partition coefficient (Wildman–Crippen LogP) is 3.43. The van der Waals surface area contributed by atoms with Gasteiger partial charge in [0.05, 0.1) is 16.9 Å². The fraction of sp³-hybridized carbons (Fsp3) is 0.238. The van der Waals surface area contributed by atoms with Crippen molar-refractivity contribution in [1.29, 1.82) is 0 Å². The fourth-order valence-corrected chi connectivity index (χ4v) is 4.22. The summed E-state index contributed by atoms with van der Waals surface area (Å²) < 4.78 is 2.28. The zero-order valence-corrected chi connectivity index (χ0v) is 14.4. The van der Waals surface area contributed by atoms with Gasteiger partial charge < -0.3 is 14.8 Å². The second kappa shape index (κ2) is 5.73. The van der Waals surface area contributed by atoms with E-state index in [0.717, 1.165) is 31.6 Å². The lowest BCUT2D eigenvalue weighted by molar-refractivity contribution is 0.0670. The number of pyridine rings is 1. The zero-order chi connectivity index (χ0) is 17.6. The van der Waals surface area contributed by atoms with Gasteiger partial charge in [0, 0.05) is 31.2 Å². The van der Waals surface area contributed by atoms with Gasteiger partial charge in [0.2, 0.25) is 0 Å². The average molecular weight is 344 g/mol. The molecule has 2 aliphatic rings. The summed E-state index contributed by atoms with van der Waals surface area (Å²) in [4.78, 5) is 18.8. The first-order chi connectivity index (χ1) is 12.8. The third-order valence-electron chi connectivity index (χ3n) is 5.56. The van der Waals surface area contributed by atoms with E-state index in [1.54, 1.807) is 12.3 Å². The van der Waals surface area contributed by atoms with Gasteiger partial charge in [-0.25, -0.2) is 0 Å². The van der Waals surface area contributed by atoms with E-state index in [1.165, 1.54) is 11.4 Å². The van der Waals surface area contributed by atoms with E-state index in [4.69, 9.17) is 0 Å². The molecule has 5 rings (SSSR count). The van der Waals surface area contributed by atoms with Gasteiger partial charge in [0.25, 0.3) is 5.91 Å². The quantitative estimate of drug-likeness (QED) is 0.736. The molecule has 0 atom stereocenters. The van der Waals surface area contributed by atoms with E-state index in [1.807, 2.05) is 17.0 Å². The Balaban J connectivity index is 1.43. The topological polar surface area (TPSA) is 50.2 Å². The second-order valence-corrected chi connectivity index (χ2v) is 6.99. The van der Waals surface area contributed by atoms with Crippen LogP contribution in [0.5, 0.6) is 0 Å². The van der Waals surface area contributed by atoms with Gasteiger partial charge in [-0.05, 0) is 49.2 Å². The summed E-state index contributed by atoms with van der Waals surface area (Å²) in [6, 6.07) is 18.2. The number of benzene rings is 1. The number of carbonyl (C=O) groups is 1. The number of rotatable bonds is 1. The maximum atomic E-state index is 12.7. The van der Waals surface area contributed by atoms with Crippen molar-refractivity contribution in [3.05, 3.63) is 78.4 Å². The van der Waals surface area contributed by atoms with E-state index in [0.29, 0.717) is 5.69 Å². The predicted molar refractivity (Wildman–Crippen MR) is 100 cm³/mol. The number of hydrogen-bond donors (Lipinski definition) is 1. The molecule has 26 heavy (non-hydrogen) atoms. The molecule has 5 nitrogen and oxygen atoms in total. The number of amides is 1. The SMILES string of the molecule is O=C(c1ccccn1)N1CCC2(CC1)Nc1ccccc1-n1cccc12. The van der Waals surface area contributed by atoms with E-state index >= 15 is 0 Å². The van der Waals surface area contributed by atoms with E-state index in [-0.39, 0.29) is 11.4 Å². The lowest BCUT2D eigenvalue weighted by atomic mass is 9.82. The lowest BCUT2D eigenvalue weighted by Gasteiger charge is -2.46. The van der Waals surface area contributed by atoms with Gasteiger partial charge in [-0.15, -0.1) is 0 Å². The highest BCUT2D eigenvalue weighted by Crippen LogP contribution is 2.43. The highest BCUT2D eigenvalue weighted by molar-refractivity contribution is 5.92. The minimum Gasteiger partial charge on any atom is -0.372 e. The van der Waals surface area contributed by atoms with Crippen molar-refractivity contribution in [1.82, 2.24) is 14.5 Å². The smallest absolute Gasteiger partial charge is 0.272 e. The van der Waals surface area contributed by atoms with Gasteiger partial charge in [0.1, 0.15) is 5.69 Å². The van der Waals surface area contributed by atoms with Gasteiger partial charge in [-0.3, -0.25) is 9.78 Å². The Morgan fingerprint density at radius 3 is 2.62 bits per heavy atom. The van der Waals surface area contributed by atoms with E-state index in [9.17, 15) is 4.79 Å². The van der Waals surface area contributed by atoms with Crippen LogP contribution in [0.15, 0.2) is 67.0 Å². The molecule has 1 aromatic carbocycles. The van der Waals surface area contributed by atoms with E-state index < -0.39 is 0 Å². The number of nitrogens with one attached hydrogen (secondary N) is 1. The molecule has 5 heteroatoms. The highest BCUT2D eigenvalue weighted by Gasteiger charge is 2.42.